The molecule has 12 nitrogen and oxygen atoms in total. The molecule has 0 saturated heterocycles. The summed E-state index contributed by atoms with van der Waals surface area (Å²) in [6.07, 6.45) is -28.7. The Morgan fingerprint density at radius 3 is 0.667 bits per heavy atom. The van der Waals surface area contributed by atoms with Crippen molar-refractivity contribution >= 4 is 30.4 Å². The van der Waals surface area contributed by atoms with Crippen molar-refractivity contribution in [3.8, 4) is 17.2 Å². The van der Waals surface area contributed by atoms with Crippen LogP contribution >= 0.6 is 0 Å². The van der Waals surface area contributed by atoms with Gasteiger partial charge in [-0.2, -0.15) is 144 Å². The van der Waals surface area contributed by atoms with Crippen LogP contribution in [0.5, 0.6) is 17.2 Å². The maximum Gasteiger partial charge on any atom is 0.460 e. The van der Waals surface area contributed by atoms with Gasteiger partial charge in [0.15, 0.2) is 11.5 Å². The summed E-state index contributed by atoms with van der Waals surface area (Å²) in [7, 11) is -15.7. The molecule has 0 fully saturated rings. The lowest BCUT2D eigenvalue weighted by Gasteiger charge is -2.33. The Morgan fingerprint density at radius 1 is 0.333 bits per heavy atom. The van der Waals surface area contributed by atoms with E-state index < -0.39 is 139 Å². The van der Waals surface area contributed by atoms with Gasteiger partial charge in [-0.05, 0) is 12.1 Å². The van der Waals surface area contributed by atoms with Gasteiger partial charge >= 0.3 is 71.8 Å². The Labute approximate surface area is 347 Å². The van der Waals surface area contributed by atoms with Crippen molar-refractivity contribution in [3.05, 3.63) is 18.2 Å². The molecule has 0 aliphatic rings. The minimum Gasteiger partial charge on any atom is -0.508 e. The Balaban J connectivity index is -0.000000823. The lowest BCUT2D eigenvalue weighted by molar-refractivity contribution is -0.396. The monoisotopic (exact) mass is 1110 g/mol. The van der Waals surface area contributed by atoms with Gasteiger partial charge in [-0.25, -0.2) is 0 Å². The van der Waals surface area contributed by atoms with Crippen LogP contribution in [0.15, 0.2) is 18.2 Å². The van der Waals surface area contributed by atoms with E-state index in [9.17, 15) is 144 Å². The number of alkyl halides is 27. The number of aromatic hydroxyl groups is 3. The molecule has 0 atom stereocenters. The summed E-state index contributed by atoms with van der Waals surface area (Å²) >= 11 is 0. The van der Waals surface area contributed by atoms with Crippen LogP contribution in [0.2, 0.25) is 0 Å². The summed E-state index contributed by atoms with van der Waals surface area (Å²) in [5.74, 6) is -66.7. The minimum absolute atomic E-state index is 0.0645. The van der Waals surface area contributed by atoms with Gasteiger partial charge in [0.05, 0.1) is 17.3 Å². The maximum absolute atomic E-state index is 12.7. The number of phenolic OH excluding ortho intramolecular Hbond substituents is 3. The van der Waals surface area contributed by atoms with Crippen LogP contribution in [0.3, 0.4) is 0 Å². The molecule has 0 bridgehead atoms. The molecule has 0 amide bonds. The Bertz CT molecular complexity index is 1890. The first-order valence-corrected chi connectivity index (χ1v) is 19.6. The molecule has 0 aliphatic heterocycles. The van der Waals surface area contributed by atoms with Crippen LogP contribution in [-0.4, -0.2) is 143 Å². The summed E-state index contributed by atoms with van der Waals surface area (Å²) in [5.41, 5.74) is 0. The predicted molar refractivity (Wildman–Crippen MR) is 157 cm³/mol. The Kier molecular flexibility index (Phi) is 20.8. The smallest absolute Gasteiger partial charge is 0.460 e. The van der Waals surface area contributed by atoms with Gasteiger partial charge in [0.25, 0.3) is 30.4 Å². The fourth-order valence-electron chi connectivity index (χ4n) is 2.98. The van der Waals surface area contributed by atoms with Gasteiger partial charge < -0.3 is 15.3 Å². The molecular weight excluding hydrogens is 1090 g/mol. The molecule has 0 saturated carbocycles. The third-order valence-electron chi connectivity index (χ3n) is 6.61. The van der Waals surface area contributed by atoms with E-state index in [1.165, 1.54) is 12.1 Å². The topological polar surface area (TPSA) is 224 Å². The van der Waals surface area contributed by atoms with E-state index in [0.717, 1.165) is 6.07 Å². The number of halogens is 27. The molecule has 0 radical (unpaired) electrons. The van der Waals surface area contributed by atoms with Gasteiger partial charge in [-0.15, -0.1) is 0 Å². The van der Waals surface area contributed by atoms with Crippen LogP contribution < -0.4 is 0 Å². The molecule has 1 aromatic rings. The highest BCUT2D eigenvalue weighted by molar-refractivity contribution is 7.86. The fourth-order valence-corrected chi connectivity index (χ4v) is 4.52. The molecule has 0 unspecified atom stereocenters. The van der Waals surface area contributed by atoms with Gasteiger partial charge in [0.1, 0.15) is 5.75 Å². The first kappa shape index (κ1) is 66.7. The van der Waals surface area contributed by atoms with E-state index in [0.29, 0.717) is 0 Å². The standard InChI is InChI=1S/3C6H5F9O3S.C6H6O3/c3*7-3(8,1-2-19(16,17)18)4(9,10)5(11,12)6(13,14)15;7-4-1-2-5(8)6(9)3-4/h3*1-2H2,(H,16,17,18);1-3,7-9H. The molecule has 0 aromatic heterocycles. The van der Waals surface area contributed by atoms with Gasteiger partial charge in [0, 0.05) is 25.3 Å². The SMILES string of the molecule is O=S(=O)(O)CCC(F)(F)C(F)(F)C(F)(F)C(F)(F)F.O=S(=O)(O)CCC(F)(F)C(F)(F)C(F)(F)C(F)(F)F.O=S(=O)(O)CCC(F)(F)C(F)(F)C(F)(F)C(F)(F)F.Oc1ccc(O)c(O)c1. The lowest BCUT2D eigenvalue weighted by atomic mass is 10.0. The average molecular weight is 1110 g/mol. The number of benzene rings is 1. The highest BCUT2D eigenvalue weighted by atomic mass is 32.2. The normalized spacial score (nSPS) is 14.8. The van der Waals surface area contributed by atoms with Gasteiger partial charge in [0.2, 0.25) is 0 Å². The predicted octanol–water partition coefficient (Wildman–Crippen LogP) is 9.00. The second-order valence-corrected chi connectivity index (χ2v) is 16.6. The Morgan fingerprint density at radius 2 is 0.530 bits per heavy atom. The highest BCUT2D eigenvalue weighted by Gasteiger charge is 2.83. The molecular formula is C24H21F27O12S3. The Hall–Kier alpha value is -3.54. The zero-order chi connectivity index (χ0) is 54.6. The minimum atomic E-state index is -7.07. The summed E-state index contributed by atoms with van der Waals surface area (Å²) in [5, 5.41) is 26.0. The van der Waals surface area contributed by atoms with Crippen molar-refractivity contribution in [2.24, 2.45) is 0 Å². The number of rotatable bonds is 15. The summed E-state index contributed by atoms with van der Waals surface area (Å²) in [6, 6.07) is 3.56. The van der Waals surface area contributed by atoms with E-state index in [1.807, 2.05) is 0 Å². The highest BCUT2D eigenvalue weighted by Crippen LogP contribution is 2.56. The van der Waals surface area contributed by atoms with Crippen molar-refractivity contribution in [2.45, 2.75) is 91.1 Å². The second-order valence-electron chi connectivity index (χ2n) is 11.8. The third-order valence-corrected chi connectivity index (χ3v) is 8.77. The second kappa shape index (κ2) is 20.6. The van der Waals surface area contributed by atoms with E-state index >= 15 is 0 Å². The van der Waals surface area contributed by atoms with Crippen LogP contribution in [0.4, 0.5) is 119 Å². The van der Waals surface area contributed by atoms with Crippen molar-refractivity contribution in [2.75, 3.05) is 17.3 Å². The zero-order valence-corrected chi connectivity index (χ0v) is 32.5. The molecule has 1 aromatic carbocycles. The van der Waals surface area contributed by atoms with Crippen molar-refractivity contribution in [3.63, 3.8) is 0 Å². The quantitative estimate of drug-likeness (QED) is 0.0419. The maximum atomic E-state index is 12.7. The summed E-state index contributed by atoms with van der Waals surface area (Å²) in [4.78, 5) is 0. The van der Waals surface area contributed by atoms with Crippen molar-refractivity contribution < 1.29 is 173 Å². The summed E-state index contributed by atoms with van der Waals surface area (Å²) < 4.78 is 413. The van der Waals surface area contributed by atoms with Crippen molar-refractivity contribution in [1.82, 2.24) is 0 Å². The van der Waals surface area contributed by atoms with E-state index in [-0.39, 0.29) is 17.2 Å². The molecule has 42 heteroatoms. The molecule has 6 N–H and O–H groups in total. The third kappa shape index (κ3) is 17.2. The largest absolute Gasteiger partial charge is 0.508 e. The van der Waals surface area contributed by atoms with Crippen LogP contribution in [0, 0.1) is 0 Å². The number of phenols is 3. The summed E-state index contributed by atoms with van der Waals surface area (Å²) in [6.45, 7) is 0. The molecule has 0 aliphatic carbocycles. The van der Waals surface area contributed by atoms with Crippen molar-refractivity contribution in [1.29, 1.82) is 0 Å². The van der Waals surface area contributed by atoms with E-state index in [1.54, 1.807) is 0 Å². The number of hydrogen-bond donors (Lipinski definition) is 6. The van der Waals surface area contributed by atoms with E-state index in [4.69, 9.17) is 29.0 Å². The molecule has 1 rings (SSSR count). The van der Waals surface area contributed by atoms with Crippen LogP contribution in [-0.2, 0) is 30.4 Å². The lowest BCUT2D eigenvalue weighted by Crippen LogP contribution is -2.61. The first-order chi connectivity index (χ1) is 28.1. The van der Waals surface area contributed by atoms with Gasteiger partial charge in [-0.3, -0.25) is 13.7 Å². The molecule has 0 heterocycles. The van der Waals surface area contributed by atoms with Crippen LogP contribution in [0.25, 0.3) is 0 Å². The zero-order valence-electron chi connectivity index (χ0n) is 30.0. The first-order valence-electron chi connectivity index (χ1n) is 14.7. The van der Waals surface area contributed by atoms with Gasteiger partial charge in [-0.1, -0.05) is 0 Å². The number of hydrogen-bond acceptors (Lipinski definition) is 9. The van der Waals surface area contributed by atoms with E-state index in [2.05, 4.69) is 0 Å². The fraction of sp³-hybridized carbons (Fsp3) is 0.750. The molecule has 0 spiro atoms. The average Bonchev–Trinajstić information content (AvgIpc) is 3.05. The van der Waals surface area contributed by atoms with Crippen LogP contribution in [0.1, 0.15) is 19.3 Å². The molecule has 66 heavy (non-hydrogen) atoms. The molecule has 396 valence electrons.